The quantitative estimate of drug-likeness (QED) is 0.0924. The topological polar surface area (TPSA) is 135 Å². The number of hydrogen-bond donors (Lipinski definition) is 2. The van der Waals surface area contributed by atoms with Crippen LogP contribution >= 0.6 is 0 Å². The van der Waals surface area contributed by atoms with E-state index >= 15 is 0 Å². The highest BCUT2D eigenvalue weighted by molar-refractivity contribution is 6.06. The molecule has 0 radical (unpaired) electrons. The predicted octanol–water partition coefficient (Wildman–Crippen LogP) is 6.73. The lowest BCUT2D eigenvalue weighted by molar-refractivity contribution is -0.137. The average Bonchev–Trinajstić information content (AvgIpc) is 3.26. The van der Waals surface area contributed by atoms with Gasteiger partial charge in [-0.05, 0) is 79.6 Å². The second-order valence-corrected chi connectivity index (χ2v) is 14.0. The Morgan fingerprint density at radius 1 is 0.833 bits per heavy atom. The van der Waals surface area contributed by atoms with Gasteiger partial charge in [-0.2, -0.15) is 13.2 Å². The van der Waals surface area contributed by atoms with E-state index in [2.05, 4.69) is 25.4 Å². The second kappa shape index (κ2) is 22.7. The minimum Gasteiger partial charge on any atom is -0.447 e. The van der Waals surface area contributed by atoms with Crippen LogP contribution in [0.4, 0.5) is 29.3 Å². The van der Waals surface area contributed by atoms with Gasteiger partial charge in [-0.15, -0.1) is 0 Å². The molecule has 2 N–H and O–H groups in total. The molecular formula is C44H53F3N6O7. The van der Waals surface area contributed by atoms with E-state index in [4.69, 9.17) is 18.9 Å². The molecule has 0 aliphatic carbocycles. The lowest BCUT2D eigenvalue weighted by Crippen LogP contribution is -2.42. The van der Waals surface area contributed by atoms with Gasteiger partial charge in [0.05, 0.1) is 56.6 Å². The first-order valence-electron chi connectivity index (χ1n) is 20.0. The van der Waals surface area contributed by atoms with Gasteiger partial charge in [0.1, 0.15) is 6.61 Å². The van der Waals surface area contributed by atoms with Crippen molar-refractivity contribution in [2.24, 2.45) is 0 Å². The van der Waals surface area contributed by atoms with Crippen LogP contribution in [0.15, 0.2) is 85.1 Å². The second-order valence-electron chi connectivity index (χ2n) is 14.0. The van der Waals surface area contributed by atoms with Crippen molar-refractivity contribution >= 4 is 29.3 Å². The molecule has 0 saturated carbocycles. The van der Waals surface area contributed by atoms with Gasteiger partial charge in [0.2, 0.25) is 0 Å². The summed E-state index contributed by atoms with van der Waals surface area (Å²) in [4.78, 5) is 49.6. The van der Waals surface area contributed by atoms with Crippen LogP contribution in [-0.4, -0.2) is 119 Å². The van der Waals surface area contributed by atoms with Crippen molar-refractivity contribution < 1.29 is 46.5 Å². The summed E-state index contributed by atoms with van der Waals surface area (Å²) < 4.78 is 61.6. The number of rotatable bonds is 20. The molecule has 4 aromatic rings. The fraction of sp³-hybridized carbons (Fsp3) is 0.409. The summed E-state index contributed by atoms with van der Waals surface area (Å²) in [7, 11) is 1.71. The first-order valence-corrected chi connectivity index (χ1v) is 20.0. The largest absolute Gasteiger partial charge is 0.447 e. The Labute approximate surface area is 348 Å². The molecule has 13 nitrogen and oxygen atoms in total. The molecule has 3 amide bonds. The Hall–Kier alpha value is -5.55. The fourth-order valence-corrected chi connectivity index (χ4v) is 6.41. The Bertz CT molecular complexity index is 2020. The number of nitrogens with zero attached hydrogens (tertiary/aromatic N) is 4. The lowest BCUT2D eigenvalue weighted by Gasteiger charge is -2.28. The van der Waals surface area contributed by atoms with E-state index in [0.29, 0.717) is 61.0 Å². The predicted molar refractivity (Wildman–Crippen MR) is 222 cm³/mol. The van der Waals surface area contributed by atoms with E-state index in [1.54, 1.807) is 42.3 Å². The standard InChI is InChI=1S/C44H53F3N6O7/c1-4-53(5-2)37-12-13-39(38(29-37)40-28-35(14-15-48-40)41(54)49-30-32-8-7-11-36(27-32)44(45,46)47)50-42(55)34-10-6-9-33(26-34)31-59-23-22-58-24-25-60-43(56)51(3)16-17-52-18-20-57-21-19-52/h6-15,26-29H,4-5,16-25,30-31H2,1-3H3,(H,49,54)(H,50,55). The maximum Gasteiger partial charge on any atom is 0.416 e. The lowest BCUT2D eigenvalue weighted by atomic mass is 10.0. The van der Waals surface area contributed by atoms with Gasteiger partial charge in [0.25, 0.3) is 11.8 Å². The normalized spacial score (nSPS) is 13.1. The van der Waals surface area contributed by atoms with Crippen LogP contribution in [-0.2, 0) is 38.3 Å². The number of morpholine rings is 1. The number of halogens is 3. The molecule has 1 saturated heterocycles. The summed E-state index contributed by atoms with van der Waals surface area (Å²) >= 11 is 0. The zero-order valence-corrected chi connectivity index (χ0v) is 34.3. The number of carbonyl (C=O) groups is 3. The molecule has 16 heteroatoms. The van der Waals surface area contributed by atoms with Crippen LogP contribution in [0.2, 0.25) is 0 Å². The highest BCUT2D eigenvalue weighted by Crippen LogP contribution is 2.33. The van der Waals surface area contributed by atoms with Crippen LogP contribution in [0.3, 0.4) is 0 Å². The number of pyridine rings is 1. The summed E-state index contributed by atoms with van der Waals surface area (Å²) in [5, 5.41) is 5.70. The SMILES string of the molecule is CCN(CC)c1ccc(NC(=O)c2cccc(COCCOCCOC(=O)N(C)CCN3CCOCC3)c2)c(-c2cc(C(=O)NCc3cccc(C(F)(F)F)c3)ccn2)c1. The van der Waals surface area contributed by atoms with E-state index in [9.17, 15) is 27.6 Å². The van der Waals surface area contributed by atoms with Crippen LogP contribution in [0.5, 0.6) is 0 Å². The number of anilines is 2. The zero-order chi connectivity index (χ0) is 42.9. The van der Waals surface area contributed by atoms with E-state index < -0.39 is 23.7 Å². The van der Waals surface area contributed by atoms with E-state index in [-0.39, 0.29) is 37.8 Å². The molecule has 3 aromatic carbocycles. The smallest absolute Gasteiger partial charge is 0.416 e. The summed E-state index contributed by atoms with van der Waals surface area (Å²) in [6, 6.07) is 20.5. The van der Waals surface area contributed by atoms with Crippen molar-refractivity contribution in [3.63, 3.8) is 0 Å². The minimum absolute atomic E-state index is 0.106. The van der Waals surface area contributed by atoms with Crippen molar-refractivity contribution in [3.8, 4) is 11.3 Å². The van der Waals surface area contributed by atoms with Crippen molar-refractivity contribution in [1.29, 1.82) is 0 Å². The Kier molecular flexibility index (Phi) is 17.2. The summed E-state index contributed by atoms with van der Waals surface area (Å²) in [6.45, 7) is 11.1. The third kappa shape index (κ3) is 13.8. The van der Waals surface area contributed by atoms with Crippen molar-refractivity contribution in [2.75, 3.05) is 96.2 Å². The molecule has 1 aliphatic heterocycles. The number of likely N-dealkylation sites (N-methyl/N-ethyl adjacent to an activating group) is 1. The number of nitrogens with one attached hydrogen (secondary N) is 2. The first-order chi connectivity index (χ1) is 28.9. The van der Waals surface area contributed by atoms with Gasteiger partial charge in [-0.25, -0.2) is 4.79 Å². The zero-order valence-electron chi connectivity index (χ0n) is 34.3. The van der Waals surface area contributed by atoms with Gasteiger partial charge < -0.3 is 39.4 Å². The molecule has 1 aliphatic rings. The molecule has 0 spiro atoms. The summed E-state index contributed by atoms with van der Waals surface area (Å²) in [5.74, 6) is -0.861. The van der Waals surface area contributed by atoms with E-state index in [1.807, 2.05) is 32.0 Å². The van der Waals surface area contributed by atoms with Crippen LogP contribution < -0.4 is 15.5 Å². The maximum absolute atomic E-state index is 13.7. The summed E-state index contributed by atoms with van der Waals surface area (Å²) in [5.41, 5.74) is 3.29. The van der Waals surface area contributed by atoms with Gasteiger partial charge in [0.15, 0.2) is 0 Å². The van der Waals surface area contributed by atoms with Crippen LogP contribution in [0.1, 0.15) is 51.3 Å². The van der Waals surface area contributed by atoms with Gasteiger partial charge in [0, 0.05) is 81.4 Å². The summed E-state index contributed by atoms with van der Waals surface area (Å²) in [6.07, 6.45) is -3.42. The Morgan fingerprint density at radius 3 is 2.32 bits per heavy atom. The number of alkyl halides is 3. The van der Waals surface area contributed by atoms with Gasteiger partial charge in [-0.1, -0.05) is 24.3 Å². The molecule has 322 valence electrons. The van der Waals surface area contributed by atoms with Crippen molar-refractivity contribution in [3.05, 3.63) is 113 Å². The number of benzene rings is 3. The van der Waals surface area contributed by atoms with Crippen LogP contribution in [0.25, 0.3) is 11.3 Å². The molecule has 0 bridgehead atoms. The number of hydrogen-bond acceptors (Lipinski definition) is 10. The molecule has 0 atom stereocenters. The van der Waals surface area contributed by atoms with Gasteiger partial charge >= 0.3 is 12.3 Å². The molecule has 1 aromatic heterocycles. The number of aromatic nitrogens is 1. The van der Waals surface area contributed by atoms with E-state index in [1.165, 1.54) is 24.4 Å². The molecule has 0 unspecified atom stereocenters. The molecular weight excluding hydrogens is 782 g/mol. The molecule has 2 heterocycles. The highest BCUT2D eigenvalue weighted by atomic mass is 19.4. The highest BCUT2D eigenvalue weighted by Gasteiger charge is 2.30. The number of ether oxygens (including phenoxy) is 4. The Morgan fingerprint density at radius 2 is 1.55 bits per heavy atom. The number of amides is 3. The van der Waals surface area contributed by atoms with Crippen molar-refractivity contribution in [1.82, 2.24) is 20.1 Å². The molecule has 1 fully saturated rings. The number of carbonyl (C=O) groups excluding carboxylic acids is 3. The van der Waals surface area contributed by atoms with E-state index in [0.717, 1.165) is 56.1 Å². The Balaban J connectivity index is 1.14. The fourth-order valence-electron chi connectivity index (χ4n) is 6.41. The first kappa shape index (κ1) is 45.5. The monoisotopic (exact) mass is 834 g/mol. The third-order valence-electron chi connectivity index (χ3n) is 9.84. The molecule has 5 rings (SSSR count). The van der Waals surface area contributed by atoms with Crippen LogP contribution in [0, 0.1) is 0 Å². The molecule has 60 heavy (non-hydrogen) atoms. The minimum atomic E-state index is -4.50. The third-order valence-corrected chi connectivity index (χ3v) is 9.84. The van der Waals surface area contributed by atoms with Crippen molar-refractivity contribution in [2.45, 2.75) is 33.2 Å². The average molecular weight is 835 g/mol. The maximum atomic E-state index is 13.7. The van der Waals surface area contributed by atoms with Gasteiger partial charge in [-0.3, -0.25) is 19.5 Å².